The third kappa shape index (κ3) is 9.01. The van der Waals surface area contributed by atoms with Crippen LogP contribution in [0.15, 0.2) is 0 Å². The van der Waals surface area contributed by atoms with E-state index in [2.05, 4.69) is 5.32 Å². The molecule has 152 valence electrons. The Hall–Kier alpha value is -1.11. The molecule has 0 aromatic carbocycles. The van der Waals surface area contributed by atoms with E-state index < -0.39 is 6.04 Å². The minimum Gasteiger partial charge on any atom is -0.316 e. The van der Waals surface area contributed by atoms with Crippen LogP contribution in [0, 0.1) is 17.8 Å². The fourth-order valence-electron chi connectivity index (χ4n) is 2.61. The monoisotopic (exact) mass is 369 g/mol. The third-order valence-corrected chi connectivity index (χ3v) is 4.37. The van der Waals surface area contributed by atoms with Crippen molar-refractivity contribution in [3.63, 3.8) is 0 Å². The van der Waals surface area contributed by atoms with Gasteiger partial charge < -0.3 is 5.73 Å². The molecule has 0 heterocycles. The van der Waals surface area contributed by atoms with Crippen LogP contribution in [-0.2, 0) is 14.4 Å². The number of rotatable bonds is 13. The van der Waals surface area contributed by atoms with Gasteiger partial charge in [-0.1, -0.05) is 41.5 Å². The van der Waals surface area contributed by atoms with Crippen LogP contribution >= 0.6 is 0 Å². The highest BCUT2D eigenvalue weighted by atomic mass is 16.1. The van der Waals surface area contributed by atoms with E-state index in [0.717, 1.165) is 0 Å². The van der Waals surface area contributed by atoms with Crippen LogP contribution in [0.1, 0.15) is 61.8 Å². The van der Waals surface area contributed by atoms with Gasteiger partial charge in [-0.3, -0.25) is 24.6 Å². The van der Waals surface area contributed by atoms with Crippen molar-refractivity contribution in [2.45, 2.75) is 80.1 Å². The standard InChI is InChI=1S/C20H39N3O3/c1-12(2)17(24)10-23(11-18(25)13(3)4)16(20(26)14(5)6)9-19(21)22-15(7)8/h12-16,19,22H,9-11,21H2,1-8H3. The lowest BCUT2D eigenvalue weighted by atomic mass is 9.94. The summed E-state index contributed by atoms with van der Waals surface area (Å²) in [5.74, 6) is -0.439. The number of Topliss-reactive ketones (excluding diaryl/α,β-unsaturated/α-hetero) is 3. The predicted octanol–water partition coefficient (Wildman–Crippen LogP) is 2.01. The van der Waals surface area contributed by atoms with Gasteiger partial charge >= 0.3 is 0 Å². The first-order chi connectivity index (χ1) is 11.9. The largest absolute Gasteiger partial charge is 0.316 e. The SMILES string of the molecule is CC(C)NC(N)CC(C(=O)C(C)C)N(CC(=O)C(C)C)CC(=O)C(C)C. The molecular formula is C20H39N3O3. The molecule has 26 heavy (non-hydrogen) atoms. The van der Waals surface area contributed by atoms with Gasteiger partial charge in [-0.2, -0.15) is 0 Å². The van der Waals surface area contributed by atoms with Gasteiger partial charge in [0.1, 0.15) is 11.6 Å². The minimum absolute atomic E-state index is 0.0131. The molecule has 0 saturated heterocycles. The van der Waals surface area contributed by atoms with Gasteiger partial charge in [0.2, 0.25) is 0 Å². The molecule has 2 atom stereocenters. The summed E-state index contributed by atoms with van der Waals surface area (Å²) in [5, 5.41) is 3.20. The average molecular weight is 370 g/mol. The molecule has 0 aliphatic rings. The van der Waals surface area contributed by atoms with E-state index in [-0.39, 0.29) is 60.4 Å². The van der Waals surface area contributed by atoms with E-state index >= 15 is 0 Å². The molecule has 0 radical (unpaired) electrons. The number of ketones is 3. The molecule has 0 aromatic rings. The van der Waals surface area contributed by atoms with Gasteiger partial charge in [-0.25, -0.2) is 0 Å². The van der Waals surface area contributed by atoms with Crippen molar-refractivity contribution in [3.8, 4) is 0 Å². The Kier molecular flexibility index (Phi) is 11.1. The fraction of sp³-hybridized carbons (Fsp3) is 0.850. The van der Waals surface area contributed by atoms with E-state index in [9.17, 15) is 14.4 Å². The fourth-order valence-corrected chi connectivity index (χ4v) is 2.61. The molecule has 0 bridgehead atoms. The van der Waals surface area contributed by atoms with Crippen molar-refractivity contribution in [2.24, 2.45) is 23.5 Å². The Labute approximate surface area is 159 Å². The number of carbonyl (C=O) groups excluding carboxylic acids is 3. The summed E-state index contributed by atoms with van der Waals surface area (Å²) in [6.07, 6.45) is -0.0140. The summed E-state index contributed by atoms with van der Waals surface area (Å²) in [5.41, 5.74) is 6.17. The molecule has 3 N–H and O–H groups in total. The zero-order valence-corrected chi connectivity index (χ0v) is 17.8. The lowest BCUT2D eigenvalue weighted by Gasteiger charge is -2.33. The van der Waals surface area contributed by atoms with Crippen LogP contribution < -0.4 is 11.1 Å². The van der Waals surface area contributed by atoms with Crippen LogP contribution in [0.5, 0.6) is 0 Å². The average Bonchev–Trinajstić information content (AvgIpc) is 2.49. The molecule has 0 saturated carbocycles. The first-order valence-corrected chi connectivity index (χ1v) is 9.71. The molecule has 0 aliphatic carbocycles. The van der Waals surface area contributed by atoms with E-state index in [0.29, 0.717) is 6.42 Å². The summed E-state index contributed by atoms with van der Waals surface area (Å²) in [6, 6.07) is -0.371. The third-order valence-electron chi connectivity index (χ3n) is 4.37. The van der Waals surface area contributed by atoms with Gasteiger partial charge in [0.25, 0.3) is 0 Å². The summed E-state index contributed by atoms with van der Waals surface area (Å²) >= 11 is 0. The lowest BCUT2D eigenvalue weighted by Crippen LogP contribution is -2.53. The van der Waals surface area contributed by atoms with Gasteiger partial charge in [0.05, 0.1) is 25.3 Å². The van der Waals surface area contributed by atoms with E-state index in [1.54, 1.807) is 4.90 Å². The van der Waals surface area contributed by atoms with Crippen LogP contribution in [0.3, 0.4) is 0 Å². The highest BCUT2D eigenvalue weighted by Crippen LogP contribution is 2.15. The van der Waals surface area contributed by atoms with Crippen molar-refractivity contribution in [1.82, 2.24) is 10.2 Å². The molecule has 6 heteroatoms. The quantitative estimate of drug-likeness (QED) is 0.483. The second-order valence-corrected chi connectivity index (χ2v) is 8.38. The molecule has 0 fully saturated rings. The van der Waals surface area contributed by atoms with Crippen LogP contribution in [-0.4, -0.2) is 53.6 Å². The summed E-state index contributed by atoms with van der Waals surface area (Å²) in [7, 11) is 0. The van der Waals surface area contributed by atoms with Gasteiger partial charge in [0, 0.05) is 23.8 Å². The molecule has 0 amide bonds. The smallest absolute Gasteiger partial charge is 0.152 e. The van der Waals surface area contributed by atoms with Crippen molar-refractivity contribution in [1.29, 1.82) is 0 Å². The van der Waals surface area contributed by atoms with E-state index in [1.807, 2.05) is 55.4 Å². The number of hydrogen-bond acceptors (Lipinski definition) is 6. The van der Waals surface area contributed by atoms with Crippen molar-refractivity contribution >= 4 is 17.3 Å². The maximum atomic E-state index is 12.9. The number of nitrogens with one attached hydrogen (secondary N) is 1. The molecule has 2 unspecified atom stereocenters. The molecule has 0 rings (SSSR count). The first kappa shape index (κ1) is 24.9. The van der Waals surface area contributed by atoms with Gasteiger partial charge in [-0.05, 0) is 20.3 Å². The number of hydrogen-bond donors (Lipinski definition) is 2. The topological polar surface area (TPSA) is 92.5 Å². The molecular weight excluding hydrogens is 330 g/mol. The molecule has 0 spiro atoms. The van der Waals surface area contributed by atoms with Gasteiger partial charge in [-0.15, -0.1) is 0 Å². The zero-order valence-electron chi connectivity index (χ0n) is 17.8. The predicted molar refractivity (Wildman–Crippen MR) is 106 cm³/mol. The summed E-state index contributed by atoms with van der Waals surface area (Å²) < 4.78 is 0. The Morgan fingerprint density at radius 2 is 1.23 bits per heavy atom. The summed E-state index contributed by atoms with van der Waals surface area (Å²) in [6.45, 7) is 15.1. The van der Waals surface area contributed by atoms with Crippen LogP contribution in [0.2, 0.25) is 0 Å². The molecule has 6 nitrogen and oxygen atoms in total. The maximum Gasteiger partial charge on any atom is 0.152 e. The minimum atomic E-state index is -0.554. The highest BCUT2D eigenvalue weighted by Gasteiger charge is 2.32. The Bertz CT molecular complexity index is 451. The Balaban J connectivity index is 5.61. The first-order valence-electron chi connectivity index (χ1n) is 9.71. The van der Waals surface area contributed by atoms with Crippen molar-refractivity contribution < 1.29 is 14.4 Å². The second kappa shape index (κ2) is 11.6. The normalized spacial score (nSPS) is 14.5. The maximum absolute atomic E-state index is 12.9. The summed E-state index contributed by atoms with van der Waals surface area (Å²) in [4.78, 5) is 39.3. The lowest BCUT2D eigenvalue weighted by molar-refractivity contribution is -0.133. The van der Waals surface area contributed by atoms with E-state index in [1.165, 1.54) is 0 Å². The van der Waals surface area contributed by atoms with Gasteiger partial charge in [0.15, 0.2) is 5.78 Å². The molecule has 0 aliphatic heterocycles. The Morgan fingerprint density at radius 3 is 1.54 bits per heavy atom. The number of carbonyl (C=O) groups is 3. The van der Waals surface area contributed by atoms with Crippen LogP contribution in [0.4, 0.5) is 0 Å². The number of nitrogens with zero attached hydrogens (tertiary/aromatic N) is 1. The van der Waals surface area contributed by atoms with Crippen molar-refractivity contribution in [3.05, 3.63) is 0 Å². The molecule has 0 aromatic heterocycles. The van der Waals surface area contributed by atoms with Crippen LogP contribution in [0.25, 0.3) is 0 Å². The van der Waals surface area contributed by atoms with Crippen molar-refractivity contribution in [2.75, 3.05) is 13.1 Å². The van der Waals surface area contributed by atoms with E-state index in [4.69, 9.17) is 5.73 Å². The zero-order chi connectivity index (χ0) is 20.6. The number of nitrogens with two attached hydrogens (primary N) is 1. The second-order valence-electron chi connectivity index (χ2n) is 8.38. The Morgan fingerprint density at radius 1 is 0.808 bits per heavy atom. The highest BCUT2D eigenvalue weighted by molar-refractivity contribution is 5.89.